The first-order valence-corrected chi connectivity index (χ1v) is 7.15. The molecule has 1 atom stereocenters. The second-order valence-corrected chi connectivity index (χ2v) is 5.11. The van der Waals surface area contributed by atoms with E-state index < -0.39 is 6.04 Å². The van der Waals surface area contributed by atoms with Crippen LogP contribution < -0.4 is 10.6 Å². The van der Waals surface area contributed by atoms with Gasteiger partial charge in [0.15, 0.2) is 0 Å². The highest BCUT2D eigenvalue weighted by Crippen LogP contribution is 2.18. The minimum Gasteiger partial charge on any atom is -0.355 e. The molecule has 1 aromatic heterocycles. The van der Waals surface area contributed by atoms with Gasteiger partial charge in [-0.05, 0) is 38.3 Å². The van der Waals surface area contributed by atoms with Gasteiger partial charge in [0.25, 0.3) is 0 Å². The Morgan fingerprint density at radius 3 is 2.71 bits per heavy atom. The molecule has 21 heavy (non-hydrogen) atoms. The quantitative estimate of drug-likeness (QED) is 0.877. The molecule has 0 spiro atoms. The number of likely N-dealkylation sites (N-methyl/N-ethyl adjacent to an activating group) is 1. The van der Waals surface area contributed by atoms with Crippen molar-refractivity contribution >= 4 is 22.7 Å². The van der Waals surface area contributed by atoms with Crippen LogP contribution in [0.25, 0.3) is 10.9 Å². The van der Waals surface area contributed by atoms with E-state index in [1.165, 1.54) is 0 Å². The molecule has 5 nitrogen and oxygen atoms in total. The molecular weight excluding hydrogens is 266 g/mol. The van der Waals surface area contributed by atoms with E-state index in [2.05, 4.69) is 16.7 Å². The SMILES string of the molecule is CCNC(=O)[C@H](C)NC(=O)Cn1c(C)cc2ccccc21. The average Bonchev–Trinajstić information content (AvgIpc) is 2.75. The van der Waals surface area contributed by atoms with E-state index in [-0.39, 0.29) is 18.4 Å². The van der Waals surface area contributed by atoms with Crippen LogP contribution in [-0.2, 0) is 16.1 Å². The van der Waals surface area contributed by atoms with Crippen LogP contribution in [0.3, 0.4) is 0 Å². The van der Waals surface area contributed by atoms with Crippen molar-refractivity contribution < 1.29 is 9.59 Å². The Morgan fingerprint density at radius 2 is 2.00 bits per heavy atom. The van der Waals surface area contributed by atoms with Gasteiger partial charge in [-0.15, -0.1) is 0 Å². The second-order valence-electron chi connectivity index (χ2n) is 5.11. The molecule has 1 aromatic carbocycles. The number of para-hydroxylation sites is 1. The van der Waals surface area contributed by atoms with Crippen LogP contribution in [-0.4, -0.2) is 29.0 Å². The fraction of sp³-hybridized carbons (Fsp3) is 0.375. The second kappa shape index (κ2) is 6.43. The summed E-state index contributed by atoms with van der Waals surface area (Å²) in [7, 11) is 0. The van der Waals surface area contributed by atoms with Crippen molar-refractivity contribution in [3.63, 3.8) is 0 Å². The van der Waals surface area contributed by atoms with E-state index in [1.807, 2.05) is 42.7 Å². The minimum atomic E-state index is -0.528. The highest BCUT2D eigenvalue weighted by Gasteiger charge is 2.16. The molecule has 1 heterocycles. The van der Waals surface area contributed by atoms with Crippen molar-refractivity contribution in [3.05, 3.63) is 36.0 Å². The molecule has 0 aliphatic carbocycles. The van der Waals surface area contributed by atoms with Crippen molar-refractivity contribution in [2.75, 3.05) is 6.54 Å². The van der Waals surface area contributed by atoms with E-state index in [9.17, 15) is 9.59 Å². The van der Waals surface area contributed by atoms with Crippen LogP contribution in [0.1, 0.15) is 19.5 Å². The van der Waals surface area contributed by atoms with Crippen molar-refractivity contribution in [1.82, 2.24) is 15.2 Å². The molecule has 2 aromatic rings. The Balaban J connectivity index is 2.08. The molecule has 0 aliphatic heterocycles. The lowest BCUT2D eigenvalue weighted by molar-refractivity contribution is -0.128. The van der Waals surface area contributed by atoms with Crippen molar-refractivity contribution in [3.8, 4) is 0 Å². The number of rotatable bonds is 5. The predicted molar refractivity (Wildman–Crippen MR) is 83.0 cm³/mol. The van der Waals surface area contributed by atoms with E-state index >= 15 is 0 Å². The van der Waals surface area contributed by atoms with E-state index in [0.717, 1.165) is 16.6 Å². The number of carbonyl (C=O) groups is 2. The Hall–Kier alpha value is -2.30. The Morgan fingerprint density at radius 1 is 1.29 bits per heavy atom. The molecule has 112 valence electrons. The van der Waals surface area contributed by atoms with Crippen molar-refractivity contribution in [2.24, 2.45) is 0 Å². The van der Waals surface area contributed by atoms with Crippen LogP contribution in [0.2, 0.25) is 0 Å². The predicted octanol–water partition coefficient (Wildman–Crippen LogP) is 1.59. The summed E-state index contributed by atoms with van der Waals surface area (Å²) >= 11 is 0. The van der Waals surface area contributed by atoms with Gasteiger partial charge in [0, 0.05) is 17.8 Å². The molecule has 0 saturated carbocycles. The van der Waals surface area contributed by atoms with Gasteiger partial charge < -0.3 is 15.2 Å². The molecule has 2 amide bonds. The zero-order chi connectivity index (χ0) is 15.4. The molecule has 2 rings (SSSR count). The zero-order valence-corrected chi connectivity index (χ0v) is 12.6. The lowest BCUT2D eigenvalue weighted by Gasteiger charge is -2.14. The van der Waals surface area contributed by atoms with Crippen LogP contribution >= 0.6 is 0 Å². The summed E-state index contributed by atoms with van der Waals surface area (Å²) in [6.07, 6.45) is 0. The molecule has 0 aliphatic rings. The first-order chi connectivity index (χ1) is 10.0. The van der Waals surface area contributed by atoms with Gasteiger partial charge in [-0.25, -0.2) is 0 Å². The van der Waals surface area contributed by atoms with Gasteiger partial charge >= 0.3 is 0 Å². The third kappa shape index (κ3) is 3.42. The van der Waals surface area contributed by atoms with Crippen molar-refractivity contribution in [2.45, 2.75) is 33.4 Å². The van der Waals surface area contributed by atoms with Gasteiger partial charge in [0.2, 0.25) is 11.8 Å². The lowest BCUT2D eigenvalue weighted by atomic mass is 10.2. The summed E-state index contributed by atoms with van der Waals surface area (Å²) in [6, 6.07) is 9.46. The highest BCUT2D eigenvalue weighted by atomic mass is 16.2. The Kier molecular flexibility index (Phi) is 4.62. The van der Waals surface area contributed by atoms with Gasteiger partial charge in [0.05, 0.1) is 0 Å². The van der Waals surface area contributed by atoms with Gasteiger partial charge in [-0.1, -0.05) is 18.2 Å². The summed E-state index contributed by atoms with van der Waals surface area (Å²) in [5, 5.41) is 6.52. The summed E-state index contributed by atoms with van der Waals surface area (Å²) in [4.78, 5) is 23.7. The van der Waals surface area contributed by atoms with E-state index in [4.69, 9.17) is 0 Å². The fourth-order valence-electron chi connectivity index (χ4n) is 2.38. The Labute approximate surface area is 124 Å². The Bertz CT molecular complexity index is 661. The monoisotopic (exact) mass is 287 g/mol. The number of hydrogen-bond donors (Lipinski definition) is 2. The number of hydrogen-bond acceptors (Lipinski definition) is 2. The summed E-state index contributed by atoms with van der Waals surface area (Å²) in [5.41, 5.74) is 2.05. The van der Waals surface area contributed by atoms with Crippen LogP contribution in [0.5, 0.6) is 0 Å². The van der Waals surface area contributed by atoms with Crippen molar-refractivity contribution in [1.29, 1.82) is 0 Å². The largest absolute Gasteiger partial charge is 0.355 e. The first-order valence-electron chi connectivity index (χ1n) is 7.15. The standard InChI is InChI=1S/C16H21N3O2/c1-4-17-16(21)12(3)18-15(20)10-19-11(2)9-13-7-5-6-8-14(13)19/h5-9,12H,4,10H2,1-3H3,(H,17,21)(H,18,20)/t12-/m0/s1. The summed E-state index contributed by atoms with van der Waals surface area (Å²) < 4.78 is 1.95. The molecule has 0 radical (unpaired) electrons. The topological polar surface area (TPSA) is 63.1 Å². The molecule has 0 bridgehead atoms. The lowest BCUT2D eigenvalue weighted by Crippen LogP contribution is -2.45. The highest BCUT2D eigenvalue weighted by molar-refractivity contribution is 5.88. The van der Waals surface area contributed by atoms with Gasteiger partial charge in [-0.3, -0.25) is 9.59 Å². The minimum absolute atomic E-state index is 0.167. The number of fused-ring (bicyclic) bond motifs is 1. The molecule has 0 saturated heterocycles. The fourth-order valence-corrected chi connectivity index (χ4v) is 2.38. The smallest absolute Gasteiger partial charge is 0.242 e. The summed E-state index contributed by atoms with van der Waals surface area (Å²) in [6.45, 7) is 6.27. The maximum Gasteiger partial charge on any atom is 0.242 e. The number of amides is 2. The molecular formula is C16H21N3O2. The van der Waals surface area contributed by atoms with Crippen LogP contribution in [0.4, 0.5) is 0 Å². The molecule has 0 unspecified atom stereocenters. The summed E-state index contributed by atoms with van der Waals surface area (Å²) in [5.74, 6) is -0.335. The van der Waals surface area contributed by atoms with Gasteiger partial charge in [0.1, 0.15) is 12.6 Å². The maximum absolute atomic E-state index is 12.1. The van der Waals surface area contributed by atoms with Crippen LogP contribution in [0.15, 0.2) is 30.3 Å². The number of nitrogens with one attached hydrogen (secondary N) is 2. The van der Waals surface area contributed by atoms with E-state index in [1.54, 1.807) is 6.92 Å². The average molecular weight is 287 g/mol. The zero-order valence-electron chi connectivity index (χ0n) is 12.6. The maximum atomic E-state index is 12.1. The number of nitrogens with zero attached hydrogens (tertiary/aromatic N) is 1. The molecule has 5 heteroatoms. The first kappa shape index (κ1) is 15.1. The van der Waals surface area contributed by atoms with Gasteiger partial charge in [-0.2, -0.15) is 0 Å². The third-order valence-corrected chi connectivity index (χ3v) is 3.44. The number of aromatic nitrogens is 1. The molecule has 0 fully saturated rings. The van der Waals surface area contributed by atoms with Crippen LogP contribution in [0, 0.1) is 6.92 Å². The third-order valence-electron chi connectivity index (χ3n) is 3.44. The van der Waals surface area contributed by atoms with E-state index in [0.29, 0.717) is 6.54 Å². The normalized spacial score (nSPS) is 12.1. The molecule has 2 N–H and O–H groups in total. The number of carbonyl (C=O) groups excluding carboxylic acids is 2. The number of aryl methyl sites for hydroxylation is 1. The number of benzene rings is 1.